The molecule has 1 aromatic carbocycles. The second-order valence-corrected chi connectivity index (χ2v) is 6.69. The van der Waals surface area contributed by atoms with Gasteiger partial charge in [-0.1, -0.05) is 6.07 Å². The second kappa shape index (κ2) is 5.99. The van der Waals surface area contributed by atoms with Crippen LogP contribution in [-0.4, -0.2) is 47.2 Å². The Balaban J connectivity index is 2.25. The largest absolute Gasteiger partial charge is 0.496 e. The molecule has 1 aliphatic rings. The minimum absolute atomic E-state index is 0.0242. The molecule has 130 valence electrons. The normalized spacial score (nSPS) is 17.0. The number of fused-ring (bicyclic) bond motifs is 3. The van der Waals surface area contributed by atoms with E-state index in [9.17, 15) is 10.2 Å². The molecule has 7 heteroatoms. The van der Waals surface area contributed by atoms with E-state index in [0.717, 1.165) is 22.3 Å². The minimum atomic E-state index is -0.913. The Morgan fingerprint density at radius 3 is 2.79 bits per heavy atom. The number of nitrogens with zero attached hydrogens (tertiary/aromatic N) is 2. The molecule has 5 N–H and O–H groups in total. The summed E-state index contributed by atoms with van der Waals surface area (Å²) in [6.07, 6.45) is 0.330. The number of benzene rings is 1. The number of hydrogen-bond donors (Lipinski definition) is 4. The van der Waals surface area contributed by atoms with Crippen LogP contribution in [0, 0.1) is 0 Å². The summed E-state index contributed by atoms with van der Waals surface area (Å²) >= 11 is 0. The fourth-order valence-corrected chi connectivity index (χ4v) is 3.24. The zero-order valence-electron chi connectivity index (χ0n) is 14.2. The first-order chi connectivity index (χ1) is 11.4. The Bertz CT molecular complexity index is 758. The summed E-state index contributed by atoms with van der Waals surface area (Å²) in [6.45, 7) is 3.92. The molecule has 0 saturated heterocycles. The number of nitrogens with two attached hydrogens (primary N) is 1. The molecule has 0 saturated carbocycles. The van der Waals surface area contributed by atoms with Gasteiger partial charge >= 0.3 is 0 Å². The van der Waals surface area contributed by atoms with Crippen LogP contribution >= 0.6 is 0 Å². The number of pyridine rings is 1. The van der Waals surface area contributed by atoms with Gasteiger partial charge in [0.25, 0.3) is 0 Å². The standard InChI is InChI=1S/C17H24N4O3/c1-17(2,23)9-21-12(7-8-22)20-14-15(21)13-10(19-16(14)18)5-4-6-11(13)24-3/h4-6,12,20,22-23H,7-9H2,1-3H3,(H2,18,19). The number of rotatable bonds is 5. The summed E-state index contributed by atoms with van der Waals surface area (Å²) in [7, 11) is 1.62. The van der Waals surface area contributed by atoms with Gasteiger partial charge in [0.05, 0.1) is 29.3 Å². The van der Waals surface area contributed by atoms with Crippen molar-refractivity contribution in [3.05, 3.63) is 18.2 Å². The molecule has 1 aliphatic heterocycles. The number of aliphatic hydroxyl groups excluding tert-OH is 1. The average molecular weight is 332 g/mol. The van der Waals surface area contributed by atoms with Crippen LogP contribution in [0.15, 0.2) is 18.2 Å². The predicted molar refractivity (Wildman–Crippen MR) is 95.5 cm³/mol. The lowest BCUT2D eigenvalue weighted by atomic mass is 10.1. The zero-order chi connectivity index (χ0) is 17.5. The van der Waals surface area contributed by atoms with E-state index < -0.39 is 5.60 Å². The van der Waals surface area contributed by atoms with Gasteiger partial charge in [-0.2, -0.15) is 0 Å². The zero-order valence-corrected chi connectivity index (χ0v) is 14.2. The Kier molecular flexibility index (Phi) is 4.15. The van der Waals surface area contributed by atoms with Gasteiger partial charge in [0.15, 0.2) is 0 Å². The van der Waals surface area contributed by atoms with E-state index in [-0.39, 0.29) is 12.8 Å². The van der Waals surface area contributed by atoms with Crippen LogP contribution in [0.2, 0.25) is 0 Å². The fraction of sp³-hybridized carbons (Fsp3) is 0.471. The lowest BCUT2D eigenvalue weighted by Crippen LogP contribution is -2.45. The van der Waals surface area contributed by atoms with Crippen molar-refractivity contribution in [3.8, 4) is 5.75 Å². The number of aromatic nitrogens is 1. The third kappa shape index (κ3) is 2.81. The highest BCUT2D eigenvalue weighted by atomic mass is 16.5. The fourth-order valence-electron chi connectivity index (χ4n) is 3.24. The SMILES string of the molecule is COc1cccc2nc(N)c3c(c12)N(CC(C)(C)O)C(CCO)N3. The van der Waals surface area contributed by atoms with Gasteiger partial charge in [-0.15, -0.1) is 0 Å². The van der Waals surface area contributed by atoms with Gasteiger partial charge in [-0.05, 0) is 26.0 Å². The van der Waals surface area contributed by atoms with E-state index >= 15 is 0 Å². The summed E-state index contributed by atoms with van der Waals surface area (Å²) in [6, 6.07) is 5.63. The molecule has 7 nitrogen and oxygen atoms in total. The highest BCUT2D eigenvalue weighted by molar-refractivity contribution is 6.07. The molecule has 1 atom stereocenters. The highest BCUT2D eigenvalue weighted by Crippen LogP contribution is 2.47. The molecule has 3 rings (SSSR count). The van der Waals surface area contributed by atoms with Gasteiger partial charge < -0.3 is 30.9 Å². The van der Waals surface area contributed by atoms with Gasteiger partial charge in [0.2, 0.25) is 0 Å². The summed E-state index contributed by atoms with van der Waals surface area (Å²) in [5.41, 5.74) is 7.54. The topological polar surface area (TPSA) is 104 Å². The molecule has 0 bridgehead atoms. The van der Waals surface area contributed by atoms with Crippen molar-refractivity contribution in [1.29, 1.82) is 0 Å². The van der Waals surface area contributed by atoms with E-state index in [1.165, 1.54) is 0 Å². The molecule has 24 heavy (non-hydrogen) atoms. The van der Waals surface area contributed by atoms with Crippen LogP contribution in [0.3, 0.4) is 0 Å². The summed E-state index contributed by atoms with van der Waals surface area (Å²) in [5.74, 6) is 1.09. The van der Waals surface area contributed by atoms with Crippen molar-refractivity contribution in [2.75, 3.05) is 36.2 Å². The van der Waals surface area contributed by atoms with E-state index in [2.05, 4.69) is 10.3 Å². The molecule has 1 unspecified atom stereocenters. The van der Waals surface area contributed by atoms with E-state index in [1.54, 1.807) is 21.0 Å². The molecule has 2 heterocycles. The first-order valence-corrected chi connectivity index (χ1v) is 7.98. The lowest BCUT2D eigenvalue weighted by molar-refractivity contribution is 0.0855. The summed E-state index contributed by atoms with van der Waals surface area (Å²) < 4.78 is 5.52. The van der Waals surface area contributed by atoms with Crippen LogP contribution in [0.1, 0.15) is 20.3 Å². The average Bonchev–Trinajstić information content (AvgIpc) is 2.84. The Labute approximate surface area is 141 Å². The number of aliphatic hydroxyl groups is 2. The van der Waals surface area contributed by atoms with Crippen molar-refractivity contribution in [1.82, 2.24) is 4.98 Å². The number of hydrogen-bond acceptors (Lipinski definition) is 7. The Morgan fingerprint density at radius 2 is 2.17 bits per heavy atom. The van der Waals surface area contributed by atoms with Gasteiger partial charge in [0.1, 0.15) is 23.4 Å². The van der Waals surface area contributed by atoms with Gasteiger partial charge in [0, 0.05) is 19.6 Å². The number of methoxy groups -OCH3 is 1. The van der Waals surface area contributed by atoms with E-state index in [0.29, 0.717) is 24.5 Å². The Hall–Kier alpha value is -2.25. The second-order valence-electron chi connectivity index (χ2n) is 6.69. The lowest BCUT2D eigenvalue weighted by Gasteiger charge is -2.32. The van der Waals surface area contributed by atoms with Crippen LogP contribution in [0.25, 0.3) is 10.9 Å². The maximum Gasteiger partial charge on any atom is 0.149 e. The predicted octanol–water partition coefficient (Wildman–Crippen LogP) is 1.54. The number of β-amino-alcohol motifs (C(OH)–C–C–N with tert-alkyl or cyclic N) is 1. The molecule has 0 fully saturated rings. The minimum Gasteiger partial charge on any atom is -0.496 e. The monoisotopic (exact) mass is 332 g/mol. The van der Waals surface area contributed by atoms with Crippen molar-refractivity contribution in [2.24, 2.45) is 0 Å². The quantitative estimate of drug-likeness (QED) is 0.658. The maximum atomic E-state index is 10.3. The van der Waals surface area contributed by atoms with E-state index in [4.69, 9.17) is 10.5 Å². The third-order valence-electron chi connectivity index (χ3n) is 4.13. The Morgan fingerprint density at radius 1 is 1.42 bits per heavy atom. The summed E-state index contributed by atoms with van der Waals surface area (Å²) in [4.78, 5) is 6.50. The van der Waals surface area contributed by atoms with Gasteiger partial charge in [-0.25, -0.2) is 4.98 Å². The molecule has 0 spiro atoms. The van der Waals surface area contributed by atoms with Crippen LogP contribution < -0.4 is 20.7 Å². The van der Waals surface area contributed by atoms with Crippen LogP contribution in [0.4, 0.5) is 17.2 Å². The van der Waals surface area contributed by atoms with Crippen LogP contribution in [-0.2, 0) is 0 Å². The molecule has 2 aromatic rings. The molecular weight excluding hydrogens is 308 g/mol. The number of ether oxygens (including phenoxy) is 1. The molecule has 0 amide bonds. The number of nitrogen functional groups attached to an aromatic ring is 1. The first kappa shape index (κ1) is 16.6. The van der Waals surface area contributed by atoms with Crippen molar-refractivity contribution >= 4 is 28.1 Å². The summed E-state index contributed by atoms with van der Waals surface area (Å²) in [5, 5.41) is 23.9. The number of anilines is 3. The van der Waals surface area contributed by atoms with Gasteiger partial charge in [-0.3, -0.25) is 0 Å². The van der Waals surface area contributed by atoms with Crippen molar-refractivity contribution < 1.29 is 14.9 Å². The van der Waals surface area contributed by atoms with Crippen molar-refractivity contribution in [2.45, 2.75) is 32.0 Å². The smallest absolute Gasteiger partial charge is 0.149 e. The third-order valence-corrected chi connectivity index (χ3v) is 4.13. The van der Waals surface area contributed by atoms with Crippen LogP contribution in [0.5, 0.6) is 5.75 Å². The molecular formula is C17H24N4O3. The number of nitrogens with one attached hydrogen (secondary N) is 1. The molecule has 0 aliphatic carbocycles. The first-order valence-electron chi connectivity index (χ1n) is 7.98. The van der Waals surface area contributed by atoms with E-state index in [1.807, 2.05) is 23.1 Å². The molecule has 1 aromatic heterocycles. The van der Waals surface area contributed by atoms with Crippen molar-refractivity contribution in [3.63, 3.8) is 0 Å². The maximum absolute atomic E-state index is 10.3. The molecule has 0 radical (unpaired) electrons. The highest BCUT2D eigenvalue weighted by Gasteiger charge is 2.36.